The van der Waals surface area contributed by atoms with Crippen LogP contribution in [-0.2, 0) is 20.8 Å². The molecule has 0 spiro atoms. The molecule has 2 saturated heterocycles. The zero-order chi connectivity index (χ0) is 20.7. The number of benzene rings is 2. The van der Waals surface area contributed by atoms with Crippen molar-refractivity contribution in [3.8, 4) is 0 Å². The van der Waals surface area contributed by atoms with Gasteiger partial charge in [-0.05, 0) is 53.9 Å². The van der Waals surface area contributed by atoms with Crippen molar-refractivity contribution in [1.29, 1.82) is 0 Å². The molecule has 1 aromatic heterocycles. The average Bonchev–Trinajstić information content (AvgIpc) is 3.31. The van der Waals surface area contributed by atoms with Crippen LogP contribution in [-0.4, -0.2) is 22.9 Å². The molecule has 0 unspecified atom stereocenters. The summed E-state index contributed by atoms with van der Waals surface area (Å²) in [4.78, 5) is 38.2. The number of rotatable bonds is 4. The van der Waals surface area contributed by atoms with Gasteiger partial charge in [0.2, 0.25) is 5.91 Å². The third kappa shape index (κ3) is 2.88. The lowest BCUT2D eigenvalue weighted by atomic mass is 9.91. The summed E-state index contributed by atoms with van der Waals surface area (Å²) in [6.07, 6.45) is 3.41. The molecule has 0 saturated carbocycles. The lowest BCUT2D eigenvalue weighted by Crippen LogP contribution is -2.37. The van der Waals surface area contributed by atoms with Gasteiger partial charge in [-0.15, -0.1) is 0 Å². The van der Waals surface area contributed by atoms with Crippen LogP contribution in [0.4, 0.5) is 11.4 Å². The van der Waals surface area contributed by atoms with Crippen LogP contribution in [0.2, 0.25) is 0 Å². The maximum atomic E-state index is 13.5. The summed E-state index contributed by atoms with van der Waals surface area (Å²) in [5, 5.41) is 1.69. The van der Waals surface area contributed by atoms with Crippen molar-refractivity contribution >= 4 is 23.2 Å². The quantitative estimate of drug-likeness (QED) is 0.626. The molecule has 6 nitrogen and oxygen atoms in total. The van der Waals surface area contributed by atoms with Crippen molar-refractivity contribution in [1.82, 2.24) is 4.98 Å². The minimum atomic E-state index is -0.860. The molecule has 0 radical (unpaired) electrons. The van der Waals surface area contributed by atoms with Gasteiger partial charge in [0.25, 0.3) is 5.91 Å². The van der Waals surface area contributed by atoms with Gasteiger partial charge in [-0.25, -0.2) is 9.96 Å². The van der Waals surface area contributed by atoms with Gasteiger partial charge in [0.05, 0.1) is 17.4 Å². The third-order valence-corrected chi connectivity index (χ3v) is 5.78. The summed E-state index contributed by atoms with van der Waals surface area (Å²) >= 11 is 0. The fourth-order valence-corrected chi connectivity index (χ4v) is 4.25. The monoisotopic (exact) mass is 399 g/mol. The van der Waals surface area contributed by atoms with E-state index in [-0.39, 0.29) is 11.8 Å². The van der Waals surface area contributed by atoms with E-state index in [9.17, 15) is 9.59 Å². The van der Waals surface area contributed by atoms with Gasteiger partial charge in [0, 0.05) is 12.4 Å². The van der Waals surface area contributed by atoms with Crippen LogP contribution in [0.25, 0.3) is 0 Å². The number of amides is 2. The molecule has 2 aliphatic rings. The normalized spacial score (nSPS) is 23.2. The molecule has 150 valence electrons. The standard InChI is InChI=1S/C24H21N3O3/c1-2-16-8-10-18(11-9-16)26-23(28)20-21(17-12-14-25-15-13-17)27(30-22(20)24(26)29)19-6-4-3-5-7-19/h3-15,20-22H,2H2,1H3/t20-,21-,22-/m1/s1. The SMILES string of the molecule is CCc1ccc(N2C(=O)[C@@H]3[C@@H](c4ccncc4)N(c4ccccc4)O[C@H]3C2=O)cc1. The van der Waals surface area contributed by atoms with Gasteiger partial charge in [-0.1, -0.05) is 37.3 Å². The molecule has 5 rings (SSSR count). The molecule has 2 amide bonds. The van der Waals surface area contributed by atoms with E-state index >= 15 is 0 Å². The smallest absolute Gasteiger partial charge is 0.266 e. The van der Waals surface area contributed by atoms with E-state index in [0.29, 0.717) is 5.69 Å². The highest BCUT2D eigenvalue weighted by Gasteiger charge is 2.60. The molecule has 2 fully saturated rings. The molecule has 3 atom stereocenters. The van der Waals surface area contributed by atoms with Crippen molar-refractivity contribution in [3.63, 3.8) is 0 Å². The minimum absolute atomic E-state index is 0.241. The number of hydrogen-bond acceptors (Lipinski definition) is 5. The van der Waals surface area contributed by atoms with Crippen LogP contribution in [0.3, 0.4) is 0 Å². The Labute approximate surface area is 174 Å². The predicted molar refractivity (Wildman–Crippen MR) is 113 cm³/mol. The highest BCUT2D eigenvalue weighted by atomic mass is 16.7. The zero-order valence-electron chi connectivity index (χ0n) is 16.5. The second-order valence-corrected chi connectivity index (χ2v) is 7.47. The number of aromatic nitrogens is 1. The Morgan fingerprint density at radius 3 is 2.23 bits per heavy atom. The fourth-order valence-electron chi connectivity index (χ4n) is 4.25. The number of hydroxylamine groups is 1. The number of fused-ring (bicyclic) bond motifs is 1. The maximum absolute atomic E-state index is 13.5. The maximum Gasteiger partial charge on any atom is 0.266 e. The zero-order valence-corrected chi connectivity index (χ0v) is 16.5. The van der Waals surface area contributed by atoms with Gasteiger partial charge in [-0.3, -0.25) is 19.4 Å². The molecule has 2 aromatic carbocycles. The summed E-state index contributed by atoms with van der Waals surface area (Å²) in [5.74, 6) is -1.20. The molecule has 3 heterocycles. The first-order chi connectivity index (χ1) is 14.7. The summed E-state index contributed by atoms with van der Waals surface area (Å²) in [5.41, 5.74) is 3.41. The number of nitrogens with zero attached hydrogens (tertiary/aromatic N) is 3. The van der Waals surface area contributed by atoms with Crippen LogP contribution in [0.15, 0.2) is 79.1 Å². The highest BCUT2D eigenvalue weighted by Crippen LogP contribution is 2.47. The number of hydrogen-bond donors (Lipinski definition) is 0. The fraction of sp³-hybridized carbons (Fsp3) is 0.208. The van der Waals surface area contributed by atoms with Crippen molar-refractivity contribution < 1.29 is 14.4 Å². The lowest BCUT2D eigenvalue weighted by Gasteiger charge is -2.28. The van der Waals surface area contributed by atoms with Crippen molar-refractivity contribution in [3.05, 3.63) is 90.3 Å². The van der Waals surface area contributed by atoms with Crippen molar-refractivity contribution in [2.45, 2.75) is 25.5 Å². The Morgan fingerprint density at radius 1 is 0.867 bits per heavy atom. The Hall–Kier alpha value is -3.51. The molecular formula is C24H21N3O3. The molecular weight excluding hydrogens is 378 g/mol. The number of carbonyl (C=O) groups excluding carboxylic acids is 2. The Bertz CT molecular complexity index is 1070. The summed E-state index contributed by atoms with van der Waals surface area (Å²) < 4.78 is 0. The van der Waals surface area contributed by atoms with Gasteiger partial charge in [0.15, 0.2) is 6.10 Å². The van der Waals surface area contributed by atoms with E-state index in [4.69, 9.17) is 4.84 Å². The average molecular weight is 399 g/mol. The van der Waals surface area contributed by atoms with Crippen molar-refractivity contribution in [2.75, 3.05) is 9.96 Å². The molecule has 0 bridgehead atoms. The second-order valence-electron chi connectivity index (χ2n) is 7.47. The number of carbonyl (C=O) groups is 2. The summed E-state index contributed by atoms with van der Waals surface area (Å²) in [6.45, 7) is 2.07. The van der Waals surface area contributed by atoms with Gasteiger partial charge in [-0.2, -0.15) is 0 Å². The molecule has 2 aliphatic heterocycles. The largest absolute Gasteiger partial charge is 0.273 e. The summed E-state index contributed by atoms with van der Waals surface area (Å²) in [7, 11) is 0. The summed E-state index contributed by atoms with van der Waals surface area (Å²) in [6, 6.07) is 20.4. The van der Waals surface area contributed by atoms with Crippen LogP contribution >= 0.6 is 0 Å². The van der Waals surface area contributed by atoms with E-state index in [0.717, 1.165) is 23.2 Å². The Morgan fingerprint density at radius 2 is 1.57 bits per heavy atom. The van der Waals surface area contributed by atoms with Crippen LogP contribution < -0.4 is 9.96 Å². The molecule has 3 aromatic rings. The highest BCUT2D eigenvalue weighted by molar-refractivity contribution is 6.23. The number of imide groups is 1. The van der Waals surface area contributed by atoms with Crippen LogP contribution in [0, 0.1) is 5.92 Å². The van der Waals surface area contributed by atoms with E-state index < -0.39 is 18.1 Å². The third-order valence-electron chi connectivity index (χ3n) is 5.78. The van der Waals surface area contributed by atoms with E-state index in [1.807, 2.05) is 66.7 Å². The van der Waals surface area contributed by atoms with E-state index in [2.05, 4.69) is 11.9 Å². The number of pyridine rings is 1. The molecule has 6 heteroatoms. The van der Waals surface area contributed by atoms with Gasteiger partial charge < -0.3 is 0 Å². The van der Waals surface area contributed by atoms with E-state index in [1.54, 1.807) is 17.5 Å². The van der Waals surface area contributed by atoms with Crippen molar-refractivity contribution in [2.24, 2.45) is 5.92 Å². The minimum Gasteiger partial charge on any atom is -0.273 e. The van der Waals surface area contributed by atoms with E-state index in [1.165, 1.54) is 4.90 Å². The van der Waals surface area contributed by atoms with Gasteiger partial charge in [0.1, 0.15) is 5.92 Å². The lowest BCUT2D eigenvalue weighted by molar-refractivity contribution is -0.126. The number of aryl methyl sites for hydroxylation is 1. The molecule has 0 aliphatic carbocycles. The van der Waals surface area contributed by atoms with Crippen LogP contribution in [0.1, 0.15) is 24.1 Å². The first-order valence-corrected chi connectivity index (χ1v) is 10.1. The first-order valence-electron chi connectivity index (χ1n) is 10.1. The predicted octanol–water partition coefficient (Wildman–Crippen LogP) is 3.70. The Balaban J connectivity index is 1.55. The molecule has 0 N–H and O–H groups in total. The van der Waals surface area contributed by atoms with Crippen LogP contribution in [0.5, 0.6) is 0 Å². The Kier molecular flexibility index (Phi) is 4.56. The van der Waals surface area contributed by atoms with Gasteiger partial charge >= 0.3 is 0 Å². The number of para-hydroxylation sites is 1. The number of anilines is 2. The first kappa shape index (κ1) is 18.5. The topological polar surface area (TPSA) is 62.7 Å². The second kappa shape index (κ2) is 7.39. The molecule has 30 heavy (non-hydrogen) atoms.